The zero-order valence-corrected chi connectivity index (χ0v) is 97.3. The molecule has 2 amide bonds. The molecular formula is C128H149ClN10O2P4PdSn. The average molecular weight is 2240 g/mol. The van der Waals surface area contributed by atoms with Crippen molar-refractivity contribution in [3.05, 3.63) is 441 Å². The third-order valence-electron chi connectivity index (χ3n) is 25.4. The Hall–Kier alpha value is -10.9. The molecule has 764 valence electrons. The first-order chi connectivity index (χ1) is 70.9. The standard InChI is InChI=1S/C22H31N5O.4C18H15P.C17H27ClN4O.C5H4N.3C4H9.Pd.Sn/c1-14(2)18(21(28)26-22(3,4)5)27(6)20-15-10-9-12-16(15)24-19(25-20)17-11-7-8-13-23-17;4*1-4-10-16(11-5-1)19(17-12-6-2-7-13-17)18-14-8-3-9-15-18;1-10(2)13(15(23)21-17(3,4)5)22(6)14-11-8-7-9-12(11)19-16(18)20-14;1-2-4-6-5-3-1;3*1-3-4-2;;/h7-8,11,13-14,18H,9-10,12H2,1-6H3,(H,26,28);4*1-15H;10,13H,7-9H2,1-6H3,(H,21,23);1-4H;3*1,3-4H2,2H3;;/t18-;;;;;13-;;;;;;/m1....1....../s1. The maximum absolute atomic E-state index is 13.1. The number of fused-ring (bicyclic) bond motifs is 2. The van der Waals surface area contributed by atoms with Gasteiger partial charge in [-0.2, -0.15) is 0 Å². The summed E-state index contributed by atoms with van der Waals surface area (Å²) >= 11 is 3.89. The number of anilines is 2. The summed E-state index contributed by atoms with van der Waals surface area (Å²) in [7, 11) is 2.11. The molecule has 0 radical (unpaired) electrons. The Bertz CT molecular complexity index is 5590. The number of carbonyl (C=O) groups excluding carboxylic acids is 2. The Morgan fingerprint density at radius 2 is 0.565 bits per heavy atom. The van der Waals surface area contributed by atoms with Crippen molar-refractivity contribution in [3.63, 3.8) is 0 Å². The number of rotatable bonds is 31. The predicted molar refractivity (Wildman–Crippen MR) is 636 cm³/mol. The van der Waals surface area contributed by atoms with Gasteiger partial charge in [0, 0.05) is 68.6 Å². The number of pyridine rings is 2. The van der Waals surface area contributed by atoms with Crippen LogP contribution in [0.3, 0.4) is 0 Å². The zero-order chi connectivity index (χ0) is 103. The number of halogens is 1. The minimum Gasteiger partial charge on any atom is -0.0622 e. The van der Waals surface area contributed by atoms with E-state index < -0.39 is 50.1 Å². The van der Waals surface area contributed by atoms with Crippen molar-refractivity contribution in [1.29, 1.82) is 0 Å². The molecule has 16 aromatic rings. The number of aryl methyl sites for hydroxylation is 2. The van der Waals surface area contributed by atoms with Gasteiger partial charge in [0.25, 0.3) is 0 Å². The summed E-state index contributed by atoms with van der Waals surface area (Å²) in [6.07, 6.45) is 17.9. The fourth-order valence-corrected chi connectivity index (χ4v) is 43.5. The molecule has 2 N–H and O–H groups in total. The van der Waals surface area contributed by atoms with Crippen LogP contribution in [0.15, 0.2) is 413 Å². The first kappa shape index (κ1) is 116. The van der Waals surface area contributed by atoms with Crippen LogP contribution in [0.4, 0.5) is 11.6 Å². The predicted octanol–water partition coefficient (Wildman–Crippen LogP) is 25.3. The molecule has 0 bridgehead atoms. The summed E-state index contributed by atoms with van der Waals surface area (Å²) < 4.78 is 6.10. The molecule has 0 saturated heterocycles. The quantitative estimate of drug-likeness (QED) is 0.0245. The molecule has 2 aliphatic carbocycles. The van der Waals surface area contributed by atoms with Gasteiger partial charge in [-0.1, -0.05) is 398 Å². The van der Waals surface area contributed by atoms with E-state index in [1.54, 1.807) is 9.91 Å². The molecule has 0 aliphatic heterocycles. The number of amides is 2. The molecule has 0 saturated carbocycles. The SMILES string of the molecule is CC(C)[C@H](C(=O)NC(C)(C)C)N(C)c1nc(-c2ccccn2)nc2c1CCC2.CC(C)[C@H](C(=O)NC(C)(C)C)N(C)c1nc(Cl)nc2c1CCC2.CCC[CH2][Sn]([CH2]CCC)([CH2]CCC)[c]1ccccn1.[Pd].c1ccc(P(c2ccccc2)c2ccccc2)cc1.c1ccc(P(c2ccccc2)c2ccccc2)cc1.c1ccc(P(c2ccccc2)c2ccccc2)cc1.c1ccc(P(c2ccccc2)c2ccccc2)cc1. The van der Waals surface area contributed by atoms with Gasteiger partial charge in [0.05, 0.1) is 5.69 Å². The third kappa shape index (κ3) is 35.4. The number of unbranched alkanes of at least 4 members (excludes halogenated alkanes) is 3. The molecular weight excluding hydrogens is 2090 g/mol. The average Bonchev–Trinajstić information content (AvgIpc) is 1.70. The summed E-state index contributed by atoms with van der Waals surface area (Å²) in [5.41, 5.74) is 4.60. The number of nitrogens with zero attached hydrogens (tertiary/aromatic N) is 8. The van der Waals surface area contributed by atoms with Gasteiger partial charge in [-0.25, -0.2) is 19.9 Å². The fourth-order valence-electron chi connectivity index (χ4n) is 18.7. The third-order valence-corrected chi connectivity index (χ3v) is 50.5. The van der Waals surface area contributed by atoms with Gasteiger partial charge in [0.15, 0.2) is 5.82 Å². The second-order valence-electron chi connectivity index (χ2n) is 39.7. The molecule has 147 heavy (non-hydrogen) atoms. The van der Waals surface area contributed by atoms with Gasteiger partial charge in [0.1, 0.15) is 29.4 Å². The molecule has 2 atom stereocenters. The van der Waals surface area contributed by atoms with Crippen molar-refractivity contribution in [3.8, 4) is 11.5 Å². The summed E-state index contributed by atoms with van der Waals surface area (Å²) in [5, 5.41) is 23.2. The number of benzene rings is 12. The van der Waals surface area contributed by atoms with E-state index in [4.69, 9.17) is 26.6 Å². The van der Waals surface area contributed by atoms with Crippen molar-refractivity contribution < 1.29 is 30.0 Å². The van der Waals surface area contributed by atoms with Crippen LogP contribution in [0.2, 0.25) is 18.6 Å². The van der Waals surface area contributed by atoms with E-state index in [-0.39, 0.29) is 72.5 Å². The van der Waals surface area contributed by atoms with Crippen LogP contribution in [-0.2, 0) is 55.7 Å². The maximum atomic E-state index is 13.1. The number of carbonyl (C=O) groups is 2. The van der Waals surface area contributed by atoms with Gasteiger partial charge in [-0.3, -0.25) is 14.6 Å². The Kier molecular flexibility index (Phi) is 48.0. The molecule has 4 aromatic heterocycles. The fraction of sp³-hybridized carbons (Fsp3) is 0.281. The van der Waals surface area contributed by atoms with Gasteiger partial charge in [-0.15, -0.1) is 0 Å². The minimum absolute atomic E-state index is 0. The van der Waals surface area contributed by atoms with Crippen molar-refractivity contribution in [1.82, 2.24) is 40.5 Å². The van der Waals surface area contributed by atoms with Crippen LogP contribution in [0.1, 0.15) is 164 Å². The van der Waals surface area contributed by atoms with E-state index in [1.165, 1.54) is 115 Å². The van der Waals surface area contributed by atoms with Gasteiger partial charge < -0.3 is 20.4 Å². The Morgan fingerprint density at radius 3 is 0.789 bits per heavy atom. The first-order valence-corrected chi connectivity index (χ1v) is 65.3. The minimum atomic E-state index is -2.21. The molecule has 0 spiro atoms. The molecule has 0 unspecified atom stereocenters. The summed E-state index contributed by atoms with van der Waals surface area (Å²) in [5.74, 6) is 2.59. The van der Waals surface area contributed by atoms with E-state index >= 15 is 0 Å². The molecule has 12 nitrogen and oxygen atoms in total. The van der Waals surface area contributed by atoms with Gasteiger partial charge >= 0.3 is 124 Å². The van der Waals surface area contributed by atoms with E-state index in [1.807, 2.05) is 104 Å². The van der Waals surface area contributed by atoms with Crippen molar-refractivity contribution in [2.75, 3.05) is 23.9 Å². The first-order valence-electron chi connectivity index (χ1n) is 52.0. The molecule has 2 aliphatic rings. The monoisotopic (exact) mass is 2240 g/mol. The van der Waals surface area contributed by atoms with Crippen LogP contribution in [-0.4, -0.2) is 97.4 Å². The number of aromatic nitrogens is 6. The Morgan fingerprint density at radius 1 is 0.327 bits per heavy atom. The van der Waals surface area contributed by atoms with Crippen molar-refractivity contribution in [2.45, 2.75) is 204 Å². The van der Waals surface area contributed by atoms with E-state index in [9.17, 15) is 9.59 Å². The molecule has 12 aromatic carbocycles. The normalized spacial score (nSPS) is 12.2. The molecule has 18 rings (SSSR count). The van der Waals surface area contributed by atoms with E-state index in [0.717, 1.165) is 78.4 Å². The molecule has 4 heterocycles. The van der Waals surface area contributed by atoms with Crippen LogP contribution < -0.4 is 87.8 Å². The van der Waals surface area contributed by atoms with E-state index in [0.29, 0.717) is 5.82 Å². The van der Waals surface area contributed by atoms with Crippen molar-refractivity contribution >= 4 is 152 Å². The second kappa shape index (κ2) is 60.7. The maximum Gasteiger partial charge on any atom is 0 e. The number of hydrogen-bond acceptors (Lipinski definition) is 10. The topological polar surface area (TPSA) is 142 Å². The summed E-state index contributed by atoms with van der Waals surface area (Å²) in [4.78, 5) is 57.4. The number of hydrogen-bond donors (Lipinski definition) is 2. The summed E-state index contributed by atoms with van der Waals surface area (Å²) in [6, 6.07) is 141. The molecule has 0 fully saturated rings. The largest absolute Gasteiger partial charge is 0.0622 e. The Labute approximate surface area is 906 Å². The van der Waals surface area contributed by atoms with Crippen molar-refractivity contribution in [2.24, 2.45) is 11.8 Å². The zero-order valence-electron chi connectivity index (χ0n) is 88.6. The van der Waals surface area contributed by atoms with Crippen LogP contribution in [0.25, 0.3) is 11.5 Å². The smallest absolute Gasteiger partial charge is 0 e. The number of likely N-dealkylation sites (N-methyl/N-ethyl adjacent to an activating group) is 2. The van der Waals surface area contributed by atoms with Crippen LogP contribution in [0.5, 0.6) is 0 Å². The van der Waals surface area contributed by atoms with Crippen LogP contribution in [0, 0.1) is 11.8 Å². The van der Waals surface area contributed by atoms with Gasteiger partial charge in [0.2, 0.25) is 17.1 Å². The van der Waals surface area contributed by atoms with E-state index in [2.05, 4.69) is 442 Å². The second-order valence-corrected chi connectivity index (χ2v) is 62.0. The molecule has 19 heteroatoms. The Balaban J connectivity index is 0.000000164. The summed E-state index contributed by atoms with van der Waals surface area (Å²) in [6.45, 7) is 27.2. The van der Waals surface area contributed by atoms with Crippen LogP contribution >= 0.6 is 43.3 Å². The number of nitrogens with one attached hydrogen (secondary N) is 2. The van der Waals surface area contributed by atoms with Gasteiger partial charge in [-0.05, 0) is 211 Å².